The van der Waals surface area contributed by atoms with Gasteiger partial charge in [-0.15, -0.1) is 0 Å². The zero-order chi connectivity index (χ0) is 20.7. The molecule has 0 heterocycles. The van der Waals surface area contributed by atoms with Gasteiger partial charge in [-0.05, 0) is 55.3 Å². The van der Waals surface area contributed by atoms with E-state index in [4.69, 9.17) is 4.74 Å². The Morgan fingerprint density at radius 3 is 2.25 bits per heavy atom. The molecule has 0 saturated carbocycles. The van der Waals surface area contributed by atoms with Crippen molar-refractivity contribution in [3.63, 3.8) is 0 Å². The van der Waals surface area contributed by atoms with Crippen molar-refractivity contribution in [1.82, 2.24) is 10.2 Å². The van der Waals surface area contributed by atoms with E-state index in [1.807, 2.05) is 19.1 Å². The van der Waals surface area contributed by atoms with E-state index in [2.05, 4.69) is 5.32 Å². The van der Waals surface area contributed by atoms with Gasteiger partial charge in [-0.3, -0.25) is 9.59 Å². The first kappa shape index (κ1) is 21.2. The predicted molar refractivity (Wildman–Crippen MR) is 107 cm³/mol. The molecule has 5 nitrogen and oxygen atoms in total. The van der Waals surface area contributed by atoms with E-state index in [9.17, 15) is 14.0 Å². The van der Waals surface area contributed by atoms with Crippen LogP contribution in [0, 0.1) is 5.82 Å². The van der Waals surface area contributed by atoms with E-state index in [-0.39, 0.29) is 23.7 Å². The van der Waals surface area contributed by atoms with Crippen LogP contribution < -0.4 is 10.1 Å². The second-order valence-corrected chi connectivity index (χ2v) is 6.51. The highest BCUT2D eigenvalue weighted by molar-refractivity contribution is 5.95. The summed E-state index contributed by atoms with van der Waals surface area (Å²) in [5, 5.41) is 2.67. The number of likely N-dealkylation sites (N-methyl/N-ethyl adjacent to an activating group) is 1. The van der Waals surface area contributed by atoms with E-state index in [0.717, 1.165) is 16.9 Å². The molecule has 2 atom stereocenters. The van der Waals surface area contributed by atoms with E-state index >= 15 is 0 Å². The molecule has 2 amide bonds. The van der Waals surface area contributed by atoms with Crippen molar-refractivity contribution in [2.75, 3.05) is 14.2 Å². The molecule has 0 aliphatic carbocycles. The largest absolute Gasteiger partial charge is 0.497 e. The van der Waals surface area contributed by atoms with Gasteiger partial charge >= 0.3 is 0 Å². The molecule has 1 N–H and O–H groups in total. The third-order valence-electron chi connectivity index (χ3n) is 4.55. The number of carbonyl (C=O) groups is 2. The highest BCUT2D eigenvalue weighted by Crippen LogP contribution is 2.19. The van der Waals surface area contributed by atoms with E-state index < -0.39 is 6.04 Å². The van der Waals surface area contributed by atoms with Gasteiger partial charge in [0, 0.05) is 13.1 Å². The van der Waals surface area contributed by atoms with Gasteiger partial charge in [0.15, 0.2) is 0 Å². The lowest BCUT2D eigenvalue weighted by Gasteiger charge is -2.28. The zero-order valence-corrected chi connectivity index (χ0v) is 16.5. The minimum absolute atomic E-state index is 0.233. The topological polar surface area (TPSA) is 58.6 Å². The van der Waals surface area contributed by atoms with Crippen molar-refractivity contribution in [2.24, 2.45) is 0 Å². The number of nitrogens with zero attached hydrogens (tertiary/aromatic N) is 1. The van der Waals surface area contributed by atoms with Crippen molar-refractivity contribution in [2.45, 2.75) is 25.9 Å². The summed E-state index contributed by atoms with van der Waals surface area (Å²) in [7, 11) is 3.25. The smallest absolute Gasteiger partial charge is 0.245 e. The molecule has 0 aliphatic heterocycles. The van der Waals surface area contributed by atoms with Crippen LogP contribution in [0.4, 0.5) is 4.39 Å². The van der Waals surface area contributed by atoms with Crippen LogP contribution in [-0.2, 0) is 9.59 Å². The zero-order valence-electron chi connectivity index (χ0n) is 16.5. The first-order valence-electron chi connectivity index (χ1n) is 8.96. The van der Waals surface area contributed by atoms with Crippen LogP contribution in [-0.4, -0.2) is 36.9 Å². The average Bonchev–Trinajstić information content (AvgIpc) is 2.71. The van der Waals surface area contributed by atoms with Gasteiger partial charge in [0.05, 0.1) is 13.2 Å². The maximum Gasteiger partial charge on any atom is 0.245 e. The molecule has 2 aromatic rings. The molecule has 0 fully saturated rings. The molecule has 0 aromatic heterocycles. The maximum absolute atomic E-state index is 13.1. The second kappa shape index (κ2) is 9.69. The fourth-order valence-corrected chi connectivity index (χ4v) is 2.67. The molecule has 2 unspecified atom stereocenters. The number of nitrogens with one attached hydrogen (secondary N) is 1. The van der Waals surface area contributed by atoms with Crippen LogP contribution in [0.3, 0.4) is 0 Å². The standard InChI is InChI=1S/C22H25FN2O3/c1-15(22(27)25(3)16(2)18-8-10-19(23)11-9-18)24-21(26)14-7-17-5-12-20(28-4)13-6-17/h5-16H,1-4H3,(H,24,26). The highest BCUT2D eigenvalue weighted by atomic mass is 19.1. The number of hydrogen-bond donors (Lipinski definition) is 1. The minimum Gasteiger partial charge on any atom is -0.497 e. The van der Waals surface area contributed by atoms with Crippen LogP contribution in [0.2, 0.25) is 0 Å². The van der Waals surface area contributed by atoms with Gasteiger partial charge in [0.1, 0.15) is 17.6 Å². The molecule has 2 rings (SSSR count). The fraction of sp³-hybridized carbons (Fsp3) is 0.273. The lowest BCUT2D eigenvalue weighted by Crippen LogP contribution is -2.45. The number of benzene rings is 2. The number of ether oxygens (including phenoxy) is 1. The Morgan fingerprint density at radius 2 is 1.68 bits per heavy atom. The first-order chi connectivity index (χ1) is 13.3. The van der Waals surface area contributed by atoms with E-state index in [1.165, 1.54) is 23.1 Å². The summed E-state index contributed by atoms with van der Waals surface area (Å²) >= 11 is 0. The quantitative estimate of drug-likeness (QED) is 0.743. The van der Waals surface area contributed by atoms with Gasteiger partial charge < -0.3 is 15.0 Å². The summed E-state index contributed by atoms with van der Waals surface area (Å²) in [6, 6.07) is 12.3. The lowest BCUT2D eigenvalue weighted by atomic mass is 10.1. The Kier molecular flexibility index (Phi) is 7.32. The summed E-state index contributed by atoms with van der Waals surface area (Å²) in [5.41, 5.74) is 1.66. The van der Waals surface area contributed by atoms with Crippen molar-refractivity contribution >= 4 is 17.9 Å². The molecule has 0 bridgehead atoms. The van der Waals surface area contributed by atoms with E-state index in [0.29, 0.717) is 0 Å². The van der Waals surface area contributed by atoms with Crippen molar-refractivity contribution < 1.29 is 18.7 Å². The molecule has 28 heavy (non-hydrogen) atoms. The van der Waals surface area contributed by atoms with Gasteiger partial charge in [0.2, 0.25) is 11.8 Å². The SMILES string of the molecule is COc1ccc(C=CC(=O)NC(C)C(=O)N(C)C(C)c2ccc(F)cc2)cc1. The number of hydrogen-bond acceptors (Lipinski definition) is 3. The number of carbonyl (C=O) groups excluding carboxylic acids is 2. The Morgan fingerprint density at radius 1 is 1.07 bits per heavy atom. The summed E-state index contributed by atoms with van der Waals surface area (Å²) < 4.78 is 18.2. The van der Waals surface area contributed by atoms with Gasteiger partial charge in [-0.1, -0.05) is 24.3 Å². The molecule has 0 aliphatic rings. The Labute approximate surface area is 164 Å². The van der Waals surface area contributed by atoms with Crippen molar-refractivity contribution in [3.05, 3.63) is 71.6 Å². The summed E-state index contributed by atoms with van der Waals surface area (Å²) in [6.07, 6.45) is 3.05. The normalized spacial score (nSPS) is 13.0. The van der Waals surface area contributed by atoms with Crippen LogP contribution in [0.1, 0.15) is 31.0 Å². The Bertz CT molecular complexity index is 832. The number of methoxy groups -OCH3 is 1. The minimum atomic E-state index is -0.694. The van der Waals surface area contributed by atoms with Gasteiger partial charge in [-0.2, -0.15) is 0 Å². The number of halogens is 1. The van der Waals surface area contributed by atoms with Crippen molar-refractivity contribution in [3.8, 4) is 5.75 Å². The predicted octanol–water partition coefficient (Wildman–Crippen LogP) is 3.57. The molecule has 148 valence electrons. The molecular formula is C22H25FN2O3. The van der Waals surface area contributed by atoms with Crippen LogP contribution in [0.25, 0.3) is 6.08 Å². The Balaban J connectivity index is 1.93. The molecule has 0 radical (unpaired) electrons. The molecule has 6 heteroatoms. The molecule has 0 spiro atoms. The van der Waals surface area contributed by atoms with Gasteiger partial charge in [-0.25, -0.2) is 4.39 Å². The summed E-state index contributed by atoms with van der Waals surface area (Å²) in [4.78, 5) is 26.3. The van der Waals surface area contributed by atoms with Crippen LogP contribution in [0.15, 0.2) is 54.6 Å². The maximum atomic E-state index is 13.1. The van der Waals surface area contributed by atoms with Crippen LogP contribution in [0.5, 0.6) is 5.75 Å². The number of rotatable bonds is 7. The third-order valence-corrected chi connectivity index (χ3v) is 4.55. The Hall–Kier alpha value is -3.15. The number of amides is 2. The second-order valence-electron chi connectivity index (χ2n) is 6.51. The monoisotopic (exact) mass is 384 g/mol. The lowest BCUT2D eigenvalue weighted by molar-refractivity contribution is -0.135. The summed E-state index contributed by atoms with van der Waals surface area (Å²) in [6.45, 7) is 3.48. The third kappa shape index (κ3) is 5.67. The highest BCUT2D eigenvalue weighted by Gasteiger charge is 2.23. The fourth-order valence-electron chi connectivity index (χ4n) is 2.67. The molecular weight excluding hydrogens is 359 g/mol. The van der Waals surface area contributed by atoms with Crippen molar-refractivity contribution in [1.29, 1.82) is 0 Å². The molecule has 2 aromatic carbocycles. The van der Waals surface area contributed by atoms with E-state index in [1.54, 1.807) is 51.4 Å². The first-order valence-corrected chi connectivity index (χ1v) is 8.96. The summed E-state index contributed by atoms with van der Waals surface area (Å²) in [5.74, 6) is -0.184. The van der Waals surface area contributed by atoms with Gasteiger partial charge in [0.25, 0.3) is 0 Å². The average molecular weight is 384 g/mol. The molecule has 0 saturated heterocycles. The van der Waals surface area contributed by atoms with Crippen LogP contribution >= 0.6 is 0 Å².